The third-order valence-electron chi connectivity index (χ3n) is 5.51. The standard InChI is InChI=1S/C25H21N7O/c26-14-17(12-15-4-5-15)22-13-19(10-11-28-22)30-25(33)29-18-8-6-16(7-9-18)20-2-1-3-21-23(20)24(27)32-31-21/h1-3,6-13,15H,4-5H2,(H3,27,31,32)(H2,28,29,30,33)/b17-12+. The Balaban J connectivity index is 1.28. The maximum absolute atomic E-state index is 12.5. The molecule has 0 saturated heterocycles. The van der Waals surface area contributed by atoms with Gasteiger partial charge in [0.25, 0.3) is 0 Å². The number of anilines is 3. The van der Waals surface area contributed by atoms with Crippen LogP contribution in [0.2, 0.25) is 0 Å². The number of nitrogens with zero attached hydrogens (tertiary/aromatic N) is 3. The Morgan fingerprint density at radius 3 is 2.67 bits per heavy atom. The van der Waals surface area contributed by atoms with Gasteiger partial charge in [-0.1, -0.05) is 30.3 Å². The number of hydrogen-bond donors (Lipinski definition) is 4. The first-order valence-electron chi connectivity index (χ1n) is 10.6. The molecule has 0 aliphatic heterocycles. The number of aromatic amines is 1. The molecule has 0 unspecified atom stereocenters. The van der Waals surface area contributed by atoms with Gasteiger partial charge in [-0.2, -0.15) is 10.4 Å². The Morgan fingerprint density at radius 2 is 1.91 bits per heavy atom. The number of benzene rings is 2. The lowest BCUT2D eigenvalue weighted by atomic mass is 10.0. The van der Waals surface area contributed by atoms with Crippen LogP contribution in [0.3, 0.4) is 0 Å². The molecule has 0 atom stereocenters. The van der Waals surface area contributed by atoms with Crippen molar-refractivity contribution in [3.8, 4) is 17.2 Å². The van der Waals surface area contributed by atoms with Crippen LogP contribution in [0.25, 0.3) is 27.6 Å². The quantitative estimate of drug-likeness (QED) is 0.321. The van der Waals surface area contributed by atoms with E-state index < -0.39 is 0 Å². The molecule has 1 saturated carbocycles. The predicted octanol–water partition coefficient (Wildman–Crippen LogP) is 5.17. The first kappa shape index (κ1) is 20.3. The van der Waals surface area contributed by atoms with E-state index in [2.05, 4.69) is 31.9 Å². The van der Waals surface area contributed by atoms with Gasteiger partial charge in [-0.3, -0.25) is 10.1 Å². The molecule has 8 heteroatoms. The highest BCUT2D eigenvalue weighted by Crippen LogP contribution is 2.33. The average molecular weight is 435 g/mol. The zero-order valence-corrected chi connectivity index (χ0v) is 17.7. The lowest BCUT2D eigenvalue weighted by Crippen LogP contribution is -2.19. The number of carbonyl (C=O) groups is 1. The molecule has 0 radical (unpaired) electrons. The third-order valence-corrected chi connectivity index (χ3v) is 5.51. The van der Waals surface area contributed by atoms with E-state index in [4.69, 9.17) is 5.73 Å². The zero-order chi connectivity index (χ0) is 22.8. The summed E-state index contributed by atoms with van der Waals surface area (Å²) in [4.78, 5) is 16.8. The van der Waals surface area contributed by atoms with Crippen molar-refractivity contribution >= 4 is 39.7 Å². The minimum Gasteiger partial charge on any atom is -0.382 e. The first-order chi connectivity index (χ1) is 16.1. The van der Waals surface area contributed by atoms with Crippen LogP contribution in [0.1, 0.15) is 18.5 Å². The van der Waals surface area contributed by atoms with Crippen LogP contribution in [0.4, 0.5) is 22.0 Å². The molecule has 2 amide bonds. The van der Waals surface area contributed by atoms with Crippen molar-refractivity contribution in [1.29, 1.82) is 5.26 Å². The number of nitriles is 1. The Kier molecular flexibility index (Phi) is 5.21. The summed E-state index contributed by atoms with van der Waals surface area (Å²) in [6.07, 6.45) is 5.75. The van der Waals surface area contributed by atoms with Gasteiger partial charge in [-0.25, -0.2) is 4.79 Å². The number of H-pyrrole nitrogens is 1. The maximum Gasteiger partial charge on any atom is 0.323 e. The van der Waals surface area contributed by atoms with Crippen molar-refractivity contribution in [2.75, 3.05) is 16.4 Å². The predicted molar refractivity (Wildman–Crippen MR) is 129 cm³/mol. The molecule has 5 rings (SSSR count). The highest BCUT2D eigenvalue weighted by Gasteiger charge is 2.20. The van der Waals surface area contributed by atoms with Gasteiger partial charge < -0.3 is 16.4 Å². The van der Waals surface area contributed by atoms with E-state index in [9.17, 15) is 10.1 Å². The summed E-state index contributed by atoms with van der Waals surface area (Å²) < 4.78 is 0. The number of hydrogen-bond acceptors (Lipinski definition) is 5. The van der Waals surface area contributed by atoms with Crippen molar-refractivity contribution in [1.82, 2.24) is 15.2 Å². The maximum atomic E-state index is 12.5. The van der Waals surface area contributed by atoms with Gasteiger partial charge in [0.2, 0.25) is 0 Å². The second-order valence-electron chi connectivity index (χ2n) is 7.95. The Hall–Kier alpha value is -4.64. The van der Waals surface area contributed by atoms with Gasteiger partial charge in [0.05, 0.1) is 22.2 Å². The zero-order valence-electron chi connectivity index (χ0n) is 17.7. The average Bonchev–Trinajstić information content (AvgIpc) is 3.58. The minimum atomic E-state index is -0.384. The molecule has 5 N–H and O–H groups in total. The monoisotopic (exact) mass is 435 g/mol. The number of nitrogen functional groups attached to an aromatic ring is 1. The largest absolute Gasteiger partial charge is 0.382 e. The van der Waals surface area contributed by atoms with Gasteiger partial charge in [0.15, 0.2) is 5.82 Å². The third kappa shape index (κ3) is 4.38. The fraction of sp³-hybridized carbons (Fsp3) is 0.120. The summed E-state index contributed by atoms with van der Waals surface area (Å²) in [5.41, 5.74) is 11.1. The normalized spacial score (nSPS) is 13.5. The van der Waals surface area contributed by atoms with Crippen LogP contribution in [0.15, 0.2) is 66.9 Å². The van der Waals surface area contributed by atoms with Crippen molar-refractivity contribution < 1.29 is 4.79 Å². The highest BCUT2D eigenvalue weighted by atomic mass is 16.2. The number of carbonyl (C=O) groups excluding carboxylic acids is 1. The Morgan fingerprint density at radius 1 is 1.12 bits per heavy atom. The molecular formula is C25H21N7O. The molecule has 1 aliphatic rings. The second kappa shape index (κ2) is 8.48. The fourth-order valence-electron chi connectivity index (χ4n) is 3.70. The topological polar surface area (TPSA) is 133 Å². The summed E-state index contributed by atoms with van der Waals surface area (Å²) >= 11 is 0. The Labute approximate surface area is 190 Å². The van der Waals surface area contributed by atoms with Crippen molar-refractivity contribution in [2.45, 2.75) is 12.8 Å². The molecule has 33 heavy (non-hydrogen) atoms. The number of nitrogens with two attached hydrogens (primary N) is 1. The van der Waals surface area contributed by atoms with Gasteiger partial charge in [0.1, 0.15) is 6.07 Å². The van der Waals surface area contributed by atoms with Gasteiger partial charge in [-0.05, 0) is 60.2 Å². The minimum absolute atomic E-state index is 0.384. The van der Waals surface area contributed by atoms with Crippen LogP contribution < -0.4 is 16.4 Å². The molecule has 0 spiro atoms. The fourth-order valence-corrected chi connectivity index (χ4v) is 3.70. The number of aromatic nitrogens is 3. The van der Waals surface area contributed by atoms with Crippen LogP contribution >= 0.6 is 0 Å². The molecule has 4 aromatic rings. The lowest BCUT2D eigenvalue weighted by Gasteiger charge is -2.10. The number of fused-ring (bicyclic) bond motifs is 1. The van der Waals surface area contributed by atoms with E-state index >= 15 is 0 Å². The molecule has 1 aliphatic carbocycles. The first-order valence-corrected chi connectivity index (χ1v) is 10.6. The van der Waals surface area contributed by atoms with Gasteiger partial charge >= 0.3 is 6.03 Å². The molecular weight excluding hydrogens is 414 g/mol. The van der Waals surface area contributed by atoms with Gasteiger partial charge in [0, 0.05) is 17.6 Å². The van der Waals surface area contributed by atoms with Crippen LogP contribution in [0, 0.1) is 17.2 Å². The number of urea groups is 1. The number of rotatable bonds is 5. The van der Waals surface area contributed by atoms with Crippen molar-refractivity contribution in [2.24, 2.45) is 5.92 Å². The van der Waals surface area contributed by atoms with Crippen molar-refractivity contribution in [3.63, 3.8) is 0 Å². The molecule has 162 valence electrons. The molecule has 1 fully saturated rings. The summed E-state index contributed by atoms with van der Waals surface area (Å²) in [7, 11) is 0. The number of nitrogens with one attached hydrogen (secondary N) is 3. The SMILES string of the molecule is N#C/C(=C\C1CC1)c1cc(NC(=O)Nc2ccc(-c3cccc4[nH]nc(N)c34)cc2)ccn1. The lowest BCUT2D eigenvalue weighted by molar-refractivity contribution is 0.262. The van der Waals surface area contributed by atoms with E-state index in [0.717, 1.165) is 34.9 Å². The molecule has 0 bridgehead atoms. The van der Waals surface area contributed by atoms with E-state index in [1.165, 1.54) is 0 Å². The molecule has 8 nitrogen and oxygen atoms in total. The van der Waals surface area contributed by atoms with Crippen LogP contribution in [-0.2, 0) is 0 Å². The summed E-state index contributed by atoms with van der Waals surface area (Å²) in [5, 5.41) is 22.9. The molecule has 2 aromatic carbocycles. The summed E-state index contributed by atoms with van der Waals surface area (Å²) in [5.74, 6) is 0.909. The van der Waals surface area contributed by atoms with Crippen LogP contribution in [0.5, 0.6) is 0 Å². The number of allylic oxidation sites excluding steroid dienone is 2. The summed E-state index contributed by atoms with van der Waals surface area (Å²) in [6.45, 7) is 0. The molecule has 2 heterocycles. The highest BCUT2D eigenvalue weighted by molar-refractivity contribution is 6.02. The Bertz CT molecular complexity index is 1410. The van der Waals surface area contributed by atoms with Crippen molar-refractivity contribution in [3.05, 3.63) is 72.6 Å². The van der Waals surface area contributed by atoms with Gasteiger partial charge in [-0.15, -0.1) is 0 Å². The second-order valence-corrected chi connectivity index (χ2v) is 7.95. The van der Waals surface area contributed by atoms with E-state index in [0.29, 0.717) is 34.4 Å². The van der Waals surface area contributed by atoms with E-state index in [1.54, 1.807) is 18.3 Å². The van der Waals surface area contributed by atoms with E-state index in [-0.39, 0.29) is 6.03 Å². The van der Waals surface area contributed by atoms with E-state index in [1.807, 2.05) is 48.5 Å². The number of pyridine rings is 1. The molecule has 2 aromatic heterocycles. The smallest absolute Gasteiger partial charge is 0.323 e. The summed E-state index contributed by atoms with van der Waals surface area (Å²) in [6, 6.07) is 18.6. The van der Waals surface area contributed by atoms with Crippen LogP contribution in [-0.4, -0.2) is 21.2 Å². The number of amides is 2.